The number of anilines is 1. The lowest BCUT2D eigenvalue weighted by atomic mass is 9.95. The van der Waals surface area contributed by atoms with Crippen molar-refractivity contribution in [1.29, 1.82) is 0 Å². The molecular weight excluding hydrogens is 502 g/mol. The topological polar surface area (TPSA) is 87.7 Å². The zero-order valence-electron chi connectivity index (χ0n) is 23.4. The highest BCUT2D eigenvalue weighted by Crippen LogP contribution is 2.30. The molecule has 2 rings (SSSR count). The predicted octanol–water partition coefficient (Wildman–Crippen LogP) is 6.30. The average Bonchev–Trinajstić information content (AvgIpc) is 2.83. The van der Waals surface area contributed by atoms with E-state index in [1.807, 2.05) is 52.8 Å². The Hall–Kier alpha value is -3.50. The van der Waals surface area contributed by atoms with E-state index < -0.39 is 35.6 Å². The molecule has 3 unspecified atom stereocenters. The van der Waals surface area contributed by atoms with Gasteiger partial charge >= 0.3 is 6.09 Å². The normalized spacial score (nSPS) is 13.5. The van der Waals surface area contributed by atoms with E-state index in [-0.39, 0.29) is 5.92 Å². The number of carbonyl (C=O) groups excluding carboxylic acids is 3. The van der Waals surface area contributed by atoms with Crippen LogP contribution in [-0.4, -0.2) is 34.5 Å². The van der Waals surface area contributed by atoms with Gasteiger partial charge in [0.05, 0.1) is 10.7 Å². The van der Waals surface area contributed by atoms with Crippen molar-refractivity contribution < 1.29 is 19.1 Å². The van der Waals surface area contributed by atoms with Crippen LogP contribution in [0.1, 0.15) is 69.3 Å². The average molecular weight is 540 g/mol. The Morgan fingerprint density at radius 3 is 2.26 bits per heavy atom. The number of terminal acetylenes is 1. The number of rotatable bonds is 8. The van der Waals surface area contributed by atoms with Crippen molar-refractivity contribution in [2.75, 3.05) is 5.32 Å². The maximum atomic E-state index is 13.9. The van der Waals surface area contributed by atoms with Crippen LogP contribution in [0, 0.1) is 39.2 Å². The second-order valence-electron chi connectivity index (χ2n) is 10.5. The van der Waals surface area contributed by atoms with Crippen LogP contribution >= 0.6 is 11.6 Å². The minimum absolute atomic E-state index is 0.292. The summed E-state index contributed by atoms with van der Waals surface area (Å²) in [5, 5.41) is 5.90. The van der Waals surface area contributed by atoms with E-state index in [4.69, 9.17) is 22.8 Å². The molecule has 3 amide bonds. The lowest BCUT2D eigenvalue weighted by molar-refractivity contribution is -0.137. The first kappa shape index (κ1) is 30.7. The summed E-state index contributed by atoms with van der Waals surface area (Å²) in [5.41, 5.74) is 2.92. The molecule has 2 N–H and O–H groups in total. The van der Waals surface area contributed by atoms with Gasteiger partial charge in [-0.05, 0) is 75.8 Å². The quantitative estimate of drug-likeness (QED) is 0.304. The van der Waals surface area contributed by atoms with E-state index >= 15 is 0 Å². The second-order valence-corrected chi connectivity index (χ2v) is 10.9. The summed E-state index contributed by atoms with van der Waals surface area (Å²) in [4.78, 5) is 41.4. The van der Waals surface area contributed by atoms with Crippen molar-refractivity contribution in [2.24, 2.45) is 5.92 Å². The SMILES string of the molecule is C#CN(C(=O)C(NC(=O)OC(C)(C)C)C(C)CC)C(C(=O)Nc1c(C)cccc1Cl)c1ccc(C)c(C)c1. The fourth-order valence-electron chi connectivity index (χ4n) is 3.87. The van der Waals surface area contributed by atoms with Gasteiger partial charge in [0.15, 0.2) is 0 Å². The third kappa shape index (κ3) is 7.75. The van der Waals surface area contributed by atoms with Crippen LogP contribution in [-0.2, 0) is 14.3 Å². The minimum Gasteiger partial charge on any atom is -0.444 e. The molecule has 0 heterocycles. The summed E-state index contributed by atoms with van der Waals surface area (Å²) >= 11 is 6.37. The maximum Gasteiger partial charge on any atom is 0.408 e. The molecule has 204 valence electrons. The Bertz CT molecular complexity index is 1210. The minimum atomic E-state index is -1.19. The molecule has 0 fully saturated rings. The third-order valence-corrected chi connectivity index (χ3v) is 6.67. The zero-order valence-corrected chi connectivity index (χ0v) is 24.2. The van der Waals surface area contributed by atoms with E-state index in [0.717, 1.165) is 21.6 Å². The number of hydrogen-bond acceptors (Lipinski definition) is 4. The van der Waals surface area contributed by atoms with Gasteiger partial charge in [-0.1, -0.05) is 68.6 Å². The number of hydrogen-bond donors (Lipinski definition) is 2. The summed E-state index contributed by atoms with van der Waals surface area (Å²) in [6, 6.07) is 10.9. The molecule has 0 aliphatic rings. The molecule has 2 aromatic carbocycles. The fourth-order valence-corrected chi connectivity index (χ4v) is 4.14. The first-order valence-electron chi connectivity index (χ1n) is 12.6. The Kier molecular flexibility index (Phi) is 10.4. The monoisotopic (exact) mass is 539 g/mol. The first-order chi connectivity index (χ1) is 17.7. The van der Waals surface area contributed by atoms with Crippen LogP contribution in [0.3, 0.4) is 0 Å². The van der Waals surface area contributed by atoms with E-state index in [1.165, 1.54) is 0 Å². The zero-order chi connectivity index (χ0) is 28.8. The Morgan fingerprint density at radius 1 is 1.08 bits per heavy atom. The van der Waals surface area contributed by atoms with Gasteiger partial charge in [-0.2, -0.15) is 0 Å². The Balaban J connectivity index is 2.56. The number of aryl methyl sites for hydroxylation is 3. The molecule has 38 heavy (non-hydrogen) atoms. The van der Waals surface area contributed by atoms with Gasteiger partial charge in [0.2, 0.25) is 0 Å². The van der Waals surface area contributed by atoms with Crippen molar-refractivity contribution >= 4 is 35.2 Å². The number of nitrogens with one attached hydrogen (secondary N) is 2. The highest BCUT2D eigenvalue weighted by Gasteiger charge is 2.38. The number of ether oxygens (including phenoxy) is 1. The fraction of sp³-hybridized carbons (Fsp3) is 0.433. The Morgan fingerprint density at radius 2 is 1.74 bits per heavy atom. The number of amides is 3. The van der Waals surface area contributed by atoms with Crippen LogP contribution in [0.4, 0.5) is 10.5 Å². The summed E-state index contributed by atoms with van der Waals surface area (Å²) in [7, 11) is 0. The predicted molar refractivity (Wildman–Crippen MR) is 152 cm³/mol. The second kappa shape index (κ2) is 12.8. The molecule has 0 spiro atoms. The third-order valence-electron chi connectivity index (χ3n) is 6.35. The van der Waals surface area contributed by atoms with E-state index in [0.29, 0.717) is 22.7 Å². The highest BCUT2D eigenvalue weighted by atomic mass is 35.5. The van der Waals surface area contributed by atoms with Crippen molar-refractivity contribution in [2.45, 2.75) is 79.5 Å². The van der Waals surface area contributed by atoms with Crippen LogP contribution in [0.2, 0.25) is 5.02 Å². The van der Waals surface area contributed by atoms with E-state index in [9.17, 15) is 14.4 Å². The van der Waals surface area contributed by atoms with E-state index in [2.05, 4.69) is 16.7 Å². The van der Waals surface area contributed by atoms with Gasteiger partial charge in [0, 0.05) is 6.04 Å². The molecule has 0 bridgehead atoms. The standard InChI is InChI=1S/C30H38ClN3O4/c1-10-18(3)25(33-29(37)38-30(7,8)9)28(36)34(11-2)26(22-16-15-19(4)21(6)17-22)27(35)32-24-20(5)13-12-14-23(24)31/h2,12-18,25-26H,10H2,1,3-9H3,(H,32,35)(H,33,37). The summed E-state index contributed by atoms with van der Waals surface area (Å²) in [6.45, 7) is 14.6. The van der Waals surface area contributed by atoms with Crippen molar-refractivity contribution in [1.82, 2.24) is 10.2 Å². The molecular formula is C30H38ClN3O4. The molecule has 2 aromatic rings. The first-order valence-corrected chi connectivity index (χ1v) is 13.0. The number of nitrogens with zero attached hydrogens (tertiary/aromatic N) is 1. The maximum absolute atomic E-state index is 13.9. The molecule has 0 radical (unpaired) electrons. The number of carbonyl (C=O) groups is 3. The van der Waals surface area contributed by atoms with Crippen molar-refractivity contribution in [3.05, 3.63) is 63.7 Å². The van der Waals surface area contributed by atoms with Gasteiger partial charge in [0.25, 0.3) is 11.8 Å². The van der Waals surface area contributed by atoms with Gasteiger partial charge in [-0.15, -0.1) is 0 Å². The largest absolute Gasteiger partial charge is 0.444 e. The Labute approximate surface area is 231 Å². The number of para-hydroxylation sites is 1. The van der Waals surface area contributed by atoms with Gasteiger partial charge < -0.3 is 15.4 Å². The number of alkyl carbamates (subject to hydrolysis) is 1. The number of benzene rings is 2. The summed E-state index contributed by atoms with van der Waals surface area (Å²) in [5.74, 6) is -1.42. The lowest BCUT2D eigenvalue weighted by Crippen LogP contribution is -2.53. The highest BCUT2D eigenvalue weighted by molar-refractivity contribution is 6.34. The van der Waals surface area contributed by atoms with Gasteiger partial charge in [-0.3, -0.25) is 14.5 Å². The van der Waals surface area contributed by atoms with Crippen molar-refractivity contribution in [3.63, 3.8) is 0 Å². The van der Waals surface area contributed by atoms with Crippen LogP contribution in [0.15, 0.2) is 36.4 Å². The molecule has 0 saturated heterocycles. The molecule has 0 aliphatic carbocycles. The molecule has 7 nitrogen and oxygen atoms in total. The van der Waals surface area contributed by atoms with Crippen LogP contribution in [0.25, 0.3) is 0 Å². The number of halogens is 1. The smallest absolute Gasteiger partial charge is 0.408 e. The summed E-state index contributed by atoms with van der Waals surface area (Å²) < 4.78 is 5.39. The van der Waals surface area contributed by atoms with Crippen LogP contribution < -0.4 is 10.6 Å². The lowest BCUT2D eigenvalue weighted by Gasteiger charge is -2.32. The molecule has 0 aromatic heterocycles. The molecule has 0 saturated carbocycles. The van der Waals surface area contributed by atoms with Crippen LogP contribution in [0.5, 0.6) is 0 Å². The van der Waals surface area contributed by atoms with E-state index in [1.54, 1.807) is 39.0 Å². The summed E-state index contributed by atoms with van der Waals surface area (Å²) in [6.07, 6.45) is 5.72. The molecule has 0 aliphatic heterocycles. The van der Waals surface area contributed by atoms with Crippen molar-refractivity contribution in [3.8, 4) is 12.5 Å². The van der Waals surface area contributed by atoms with Gasteiger partial charge in [-0.25, -0.2) is 4.79 Å². The molecule has 8 heteroatoms. The van der Waals surface area contributed by atoms with Gasteiger partial charge in [0.1, 0.15) is 17.7 Å². The molecule has 3 atom stereocenters.